The first-order valence-electron chi connectivity index (χ1n) is 6.97. The molecule has 0 radical (unpaired) electrons. The average molecular weight is 379 g/mol. The number of hydrogen-bond donors (Lipinski definition) is 0. The van der Waals surface area contributed by atoms with Crippen LogP contribution in [0.5, 0.6) is 0 Å². The van der Waals surface area contributed by atoms with Crippen molar-refractivity contribution >= 4 is 38.7 Å². The van der Waals surface area contributed by atoms with Crippen molar-refractivity contribution < 1.29 is 4.39 Å². The molecule has 22 heavy (non-hydrogen) atoms. The highest BCUT2D eigenvalue weighted by atomic mass is 79.9. The lowest BCUT2D eigenvalue weighted by atomic mass is 10.2. The van der Waals surface area contributed by atoms with Crippen molar-refractivity contribution in [2.45, 2.75) is 30.7 Å². The zero-order chi connectivity index (χ0) is 15.9. The molecule has 0 N–H and O–H groups in total. The predicted molar refractivity (Wildman–Crippen MR) is 94.3 cm³/mol. The molecule has 2 nitrogen and oxygen atoms in total. The molecule has 1 heterocycles. The number of benzene rings is 2. The standard InChI is InChI=1S/C17H16BrFN2S/c1-17(2,3)22-16-20-13-6-4-5-7-15(13)21(16)14-9-8-11(18)10-12(14)19/h4-10H,1-3H3. The minimum Gasteiger partial charge on any atom is -0.284 e. The quantitative estimate of drug-likeness (QED) is 0.523. The number of rotatable bonds is 2. The van der Waals surface area contributed by atoms with Gasteiger partial charge in [-0.1, -0.05) is 60.6 Å². The van der Waals surface area contributed by atoms with Crippen molar-refractivity contribution in [3.05, 3.63) is 52.8 Å². The fourth-order valence-corrected chi connectivity index (χ4v) is 3.55. The third kappa shape index (κ3) is 3.06. The number of hydrogen-bond acceptors (Lipinski definition) is 2. The summed E-state index contributed by atoms with van der Waals surface area (Å²) in [6.07, 6.45) is 0. The molecule has 0 atom stereocenters. The molecule has 2 aromatic carbocycles. The van der Waals surface area contributed by atoms with E-state index in [4.69, 9.17) is 0 Å². The first-order valence-corrected chi connectivity index (χ1v) is 8.58. The number of thioether (sulfide) groups is 1. The van der Waals surface area contributed by atoms with Crippen LogP contribution in [-0.4, -0.2) is 14.3 Å². The smallest absolute Gasteiger partial charge is 0.174 e. The summed E-state index contributed by atoms with van der Waals surface area (Å²) in [4.78, 5) is 4.69. The van der Waals surface area contributed by atoms with Crippen LogP contribution in [0.2, 0.25) is 0 Å². The SMILES string of the molecule is CC(C)(C)Sc1nc2ccccc2n1-c1ccc(Br)cc1F. The van der Waals surface area contributed by atoms with Gasteiger partial charge in [-0.25, -0.2) is 9.37 Å². The highest BCUT2D eigenvalue weighted by molar-refractivity contribution is 9.10. The van der Waals surface area contributed by atoms with Crippen LogP contribution in [0.25, 0.3) is 16.7 Å². The van der Waals surface area contributed by atoms with Gasteiger partial charge in [0, 0.05) is 9.22 Å². The summed E-state index contributed by atoms with van der Waals surface area (Å²) in [5.74, 6) is -0.270. The number of aromatic nitrogens is 2. The van der Waals surface area contributed by atoms with Crippen molar-refractivity contribution in [3.8, 4) is 5.69 Å². The second-order valence-electron chi connectivity index (χ2n) is 6.03. The Balaban J connectivity index is 2.27. The summed E-state index contributed by atoms with van der Waals surface area (Å²) in [6, 6.07) is 12.9. The molecular formula is C17H16BrFN2S. The predicted octanol–water partition coefficient (Wildman–Crippen LogP) is 5.82. The summed E-state index contributed by atoms with van der Waals surface area (Å²) < 4.78 is 17.1. The average Bonchev–Trinajstić information content (AvgIpc) is 2.74. The Hall–Kier alpha value is -1.33. The number of fused-ring (bicyclic) bond motifs is 1. The first-order chi connectivity index (χ1) is 10.3. The molecule has 0 bridgehead atoms. The van der Waals surface area contributed by atoms with Crippen LogP contribution in [0.4, 0.5) is 4.39 Å². The molecule has 3 rings (SSSR count). The van der Waals surface area contributed by atoms with Gasteiger partial charge in [-0.2, -0.15) is 0 Å². The van der Waals surface area contributed by atoms with Crippen molar-refractivity contribution in [2.75, 3.05) is 0 Å². The Labute approximate surface area is 141 Å². The molecule has 0 spiro atoms. The maximum absolute atomic E-state index is 14.5. The van der Waals surface area contributed by atoms with Gasteiger partial charge in [-0.05, 0) is 30.3 Å². The van der Waals surface area contributed by atoms with E-state index in [9.17, 15) is 4.39 Å². The molecule has 0 aliphatic rings. The zero-order valence-corrected chi connectivity index (χ0v) is 15.0. The van der Waals surface area contributed by atoms with E-state index in [1.165, 1.54) is 6.07 Å². The summed E-state index contributed by atoms with van der Waals surface area (Å²) in [5.41, 5.74) is 2.30. The third-order valence-electron chi connectivity index (χ3n) is 3.08. The Kier molecular flexibility index (Phi) is 4.03. The van der Waals surface area contributed by atoms with E-state index in [1.54, 1.807) is 17.8 Å². The monoisotopic (exact) mass is 378 g/mol. The van der Waals surface area contributed by atoms with Gasteiger partial charge >= 0.3 is 0 Å². The maximum atomic E-state index is 14.5. The van der Waals surface area contributed by atoms with E-state index in [0.29, 0.717) is 5.69 Å². The zero-order valence-electron chi connectivity index (χ0n) is 12.6. The van der Waals surface area contributed by atoms with E-state index in [-0.39, 0.29) is 10.6 Å². The van der Waals surface area contributed by atoms with Gasteiger partial charge in [0.25, 0.3) is 0 Å². The van der Waals surface area contributed by atoms with Gasteiger partial charge in [0.05, 0.1) is 16.7 Å². The van der Waals surface area contributed by atoms with Crippen LogP contribution in [0.1, 0.15) is 20.8 Å². The second kappa shape index (κ2) is 5.70. The summed E-state index contributed by atoms with van der Waals surface area (Å²) in [7, 11) is 0. The molecule has 0 amide bonds. The highest BCUT2D eigenvalue weighted by Gasteiger charge is 2.21. The molecule has 114 valence electrons. The van der Waals surface area contributed by atoms with Crippen LogP contribution in [-0.2, 0) is 0 Å². The van der Waals surface area contributed by atoms with Gasteiger partial charge in [0.15, 0.2) is 5.16 Å². The number of halogens is 2. The fourth-order valence-electron chi connectivity index (χ4n) is 2.24. The minimum absolute atomic E-state index is 0.00896. The third-order valence-corrected chi connectivity index (χ3v) is 4.64. The lowest BCUT2D eigenvalue weighted by Gasteiger charge is -2.18. The fraction of sp³-hybridized carbons (Fsp3) is 0.235. The molecule has 5 heteroatoms. The summed E-state index contributed by atoms with van der Waals surface area (Å²) in [6.45, 7) is 6.37. The minimum atomic E-state index is -0.270. The molecule has 3 aromatic rings. The van der Waals surface area contributed by atoms with Gasteiger partial charge in [-0.3, -0.25) is 4.57 Å². The number of para-hydroxylation sites is 2. The molecule has 0 saturated heterocycles. The van der Waals surface area contributed by atoms with Crippen LogP contribution >= 0.6 is 27.7 Å². The topological polar surface area (TPSA) is 17.8 Å². The van der Waals surface area contributed by atoms with E-state index >= 15 is 0 Å². The van der Waals surface area contributed by atoms with Crippen molar-refractivity contribution in [1.82, 2.24) is 9.55 Å². The van der Waals surface area contributed by atoms with Gasteiger partial charge in [-0.15, -0.1) is 0 Å². The maximum Gasteiger partial charge on any atom is 0.174 e. The Morgan fingerprint density at radius 2 is 1.86 bits per heavy atom. The Morgan fingerprint density at radius 1 is 1.14 bits per heavy atom. The lowest BCUT2D eigenvalue weighted by Crippen LogP contribution is -2.10. The molecule has 0 aliphatic carbocycles. The Bertz CT molecular complexity index is 836. The van der Waals surface area contributed by atoms with Crippen molar-refractivity contribution in [3.63, 3.8) is 0 Å². The second-order valence-corrected chi connectivity index (χ2v) is 8.74. The molecule has 0 unspecified atom stereocenters. The molecule has 1 aromatic heterocycles. The van der Waals surface area contributed by atoms with Gasteiger partial charge in [0.1, 0.15) is 5.82 Å². The lowest BCUT2D eigenvalue weighted by molar-refractivity contribution is 0.613. The molecular weight excluding hydrogens is 363 g/mol. The summed E-state index contributed by atoms with van der Waals surface area (Å²) in [5, 5.41) is 0.801. The van der Waals surface area contributed by atoms with Gasteiger partial charge in [0.2, 0.25) is 0 Å². The largest absolute Gasteiger partial charge is 0.284 e. The van der Waals surface area contributed by atoms with Gasteiger partial charge < -0.3 is 0 Å². The van der Waals surface area contributed by atoms with E-state index in [1.807, 2.05) is 34.9 Å². The van der Waals surface area contributed by atoms with Crippen LogP contribution in [0, 0.1) is 5.82 Å². The Morgan fingerprint density at radius 3 is 2.55 bits per heavy atom. The normalized spacial score (nSPS) is 12.0. The molecule has 0 fully saturated rings. The highest BCUT2D eigenvalue weighted by Crippen LogP contribution is 2.36. The van der Waals surface area contributed by atoms with E-state index < -0.39 is 0 Å². The van der Waals surface area contributed by atoms with Crippen molar-refractivity contribution in [1.29, 1.82) is 0 Å². The van der Waals surface area contributed by atoms with E-state index in [0.717, 1.165) is 20.7 Å². The number of imidazole rings is 1. The molecule has 0 aliphatic heterocycles. The van der Waals surface area contributed by atoms with Crippen LogP contribution < -0.4 is 0 Å². The summed E-state index contributed by atoms with van der Waals surface area (Å²) >= 11 is 4.94. The van der Waals surface area contributed by atoms with Crippen LogP contribution in [0.3, 0.4) is 0 Å². The van der Waals surface area contributed by atoms with Crippen molar-refractivity contribution in [2.24, 2.45) is 0 Å². The number of nitrogens with zero attached hydrogens (tertiary/aromatic N) is 2. The van der Waals surface area contributed by atoms with Crippen LogP contribution in [0.15, 0.2) is 52.1 Å². The molecule has 0 saturated carbocycles. The van der Waals surface area contributed by atoms with E-state index in [2.05, 4.69) is 41.7 Å². The first kappa shape index (κ1) is 15.6.